The van der Waals surface area contributed by atoms with Gasteiger partial charge in [-0.05, 0) is 30.3 Å². The van der Waals surface area contributed by atoms with Gasteiger partial charge < -0.3 is 10.1 Å². The summed E-state index contributed by atoms with van der Waals surface area (Å²) in [6.45, 7) is 0. The first-order chi connectivity index (χ1) is 10.7. The van der Waals surface area contributed by atoms with E-state index in [2.05, 4.69) is 20.8 Å². The maximum atomic E-state index is 13.5. The van der Waals surface area contributed by atoms with Crippen molar-refractivity contribution in [1.82, 2.24) is 10.2 Å². The van der Waals surface area contributed by atoms with Crippen molar-refractivity contribution in [2.75, 3.05) is 17.7 Å². The molecule has 0 aliphatic heterocycles. The zero-order chi connectivity index (χ0) is 15.5. The van der Waals surface area contributed by atoms with Crippen LogP contribution in [-0.4, -0.2) is 23.3 Å². The summed E-state index contributed by atoms with van der Waals surface area (Å²) in [6.07, 6.45) is 0. The number of nitrogens with zero attached hydrogens (tertiary/aromatic N) is 1. The highest BCUT2D eigenvalue weighted by molar-refractivity contribution is 6.04. The van der Waals surface area contributed by atoms with Gasteiger partial charge in [-0.2, -0.15) is 5.10 Å². The van der Waals surface area contributed by atoms with E-state index >= 15 is 0 Å². The lowest BCUT2D eigenvalue weighted by molar-refractivity contribution is 0.262. The molecule has 0 saturated carbocycles. The van der Waals surface area contributed by atoms with Gasteiger partial charge in [-0.1, -0.05) is 12.1 Å². The number of H-pyrrole nitrogens is 1. The van der Waals surface area contributed by atoms with Crippen LogP contribution in [0, 0.1) is 5.82 Å². The molecule has 3 rings (SSSR count). The summed E-state index contributed by atoms with van der Waals surface area (Å²) in [5, 5.41) is 12.5. The Hall–Kier alpha value is -3.09. The third kappa shape index (κ3) is 2.69. The van der Waals surface area contributed by atoms with Crippen LogP contribution in [-0.2, 0) is 0 Å². The lowest BCUT2D eigenvalue weighted by Crippen LogP contribution is -2.20. The van der Waals surface area contributed by atoms with Crippen molar-refractivity contribution in [2.45, 2.75) is 0 Å². The standard InChI is InChI=1S/C15H13FN4O2/c1-22-9-6-7-12-10(8-9)14(20-19-12)18-15(21)17-13-5-3-2-4-11(13)16/h2-8H,1H3,(H3,17,18,19,20,21). The third-order valence-corrected chi connectivity index (χ3v) is 3.12. The minimum Gasteiger partial charge on any atom is -0.497 e. The molecule has 1 heterocycles. The van der Waals surface area contributed by atoms with Crippen LogP contribution in [0.15, 0.2) is 42.5 Å². The summed E-state index contributed by atoms with van der Waals surface area (Å²) in [5.41, 5.74) is 0.847. The number of rotatable bonds is 3. The average molecular weight is 300 g/mol. The zero-order valence-corrected chi connectivity index (χ0v) is 11.7. The molecule has 0 bridgehead atoms. The molecule has 3 aromatic rings. The monoisotopic (exact) mass is 300 g/mol. The highest BCUT2D eigenvalue weighted by atomic mass is 19.1. The van der Waals surface area contributed by atoms with Crippen LogP contribution in [0.4, 0.5) is 20.7 Å². The average Bonchev–Trinajstić information content (AvgIpc) is 2.91. The Bertz CT molecular complexity index is 831. The van der Waals surface area contributed by atoms with Gasteiger partial charge in [0.05, 0.1) is 18.3 Å². The quantitative estimate of drug-likeness (QED) is 0.694. The molecule has 0 radical (unpaired) electrons. The summed E-state index contributed by atoms with van der Waals surface area (Å²) >= 11 is 0. The second-order valence-electron chi connectivity index (χ2n) is 4.54. The summed E-state index contributed by atoms with van der Waals surface area (Å²) in [6, 6.07) is 10.7. The molecule has 22 heavy (non-hydrogen) atoms. The van der Waals surface area contributed by atoms with Crippen LogP contribution in [0.25, 0.3) is 10.9 Å². The van der Waals surface area contributed by atoms with E-state index in [1.54, 1.807) is 37.4 Å². The number of anilines is 2. The smallest absolute Gasteiger partial charge is 0.324 e. The first kappa shape index (κ1) is 13.9. The number of para-hydroxylation sites is 1. The number of amides is 2. The van der Waals surface area contributed by atoms with E-state index in [0.717, 1.165) is 5.52 Å². The van der Waals surface area contributed by atoms with Crippen LogP contribution >= 0.6 is 0 Å². The normalized spacial score (nSPS) is 10.5. The van der Waals surface area contributed by atoms with Gasteiger partial charge in [-0.3, -0.25) is 10.4 Å². The summed E-state index contributed by atoms with van der Waals surface area (Å²) in [7, 11) is 1.55. The highest BCUT2D eigenvalue weighted by Crippen LogP contribution is 2.25. The molecule has 0 aliphatic carbocycles. The second-order valence-corrected chi connectivity index (χ2v) is 4.54. The highest BCUT2D eigenvalue weighted by Gasteiger charge is 2.11. The van der Waals surface area contributed by atoms with Crippen LogP contribution in [0.1, 0.15) is 0 Å². The Balaban J connectivity index is 1.81. The van der Waals surface area contributed by atoms with Gasteiger partial charge in [-0.25, -0.2) is 9.18 Å². The van der Waals surface area contributed by atoms with Crippen LogP contribution < -0.4 is 15.4 Å². The van der Waals surface area contributed by atoms with Gasteiger partial charge in [0.15, 0.2) is 5.82 Å². The molecular formula is C15H13FN4O2. The number of carbonyl (C=O) groups is 1. The van der Waals surface area contributed by atoms with Crippen molar-refractivity contribution in [3.63, 3.8) is 0 Å². The van der Waals surface area contributed by atoms with E-state index in [1.807, 2.05) is 0 Å². The number of fused-ring (bicyclic) bond motifs is 1. The van der Waals surface area contributed by atoms with Crippen molar-refractivity contribution in [2.24, 2.45) is 0 Å². The molecule has 0 aliphatic rings. The summed E-state index contributed by atoms with van der Waals surface area (Å²) in [5.74, 6) is 0.473. The molecule has 7 heteroatoms. The first-order valence-corrected chi connectivity index (χ1v) is 6.52. The van der Waals surface area contributed by atoms with Gasteiger partial charge in [0, 0.05) is 5.39 Å². The second kappa shape index (κ2) is 5.72. The fraction of sp³-hybridized carbons (Fsp3) is 0.0667. The Kier molecular flexibility index (Phi) is 3.61. The van der Waals surface area contributed by atoms with E-state index in [0.29, 0.717) is 17.0 Å². The minimum absolute atomic E-state index is 0.0948. The SMILES string of the molecule is COc1ccc2[nH]nc(NC(=O)Nc3ccccc3F)c2c1. The van der Waals surface area contributed by atoms with E-state index < -0.39 is 11.8 Å². The maximum Gasteiger partial charge on any atom is 0.324 e. The van der Waals surface area contributed by atoms with E-state index in [4.69, 9.17) is 4.74 Å². The predicted octanol–water partition coefficient (Wildman–Crippen LogP) is 3.35. The molecular weight excluding hydrogens is 287 g/mol. The topological polar surface area (TPSA) is 79.0 Å². The lowest BCUT2D eigenvalue weighted by Gasteiger charge is -2.07. The number of hydrogen-bond donors (Lipinski definition) is 3. The molecule has 0 atom stereocenters. The number of halogens is 1. The zero-order valence-electron chi connectivity index (χ0n) is 11.7. The summed E-state index contributed by atoms with van der Waals surface area (Å²) in [4.78, 5) is 12.0. The number of ether oxygens (including phenoxy) is 1. The van der Waals surface area contributed by atoms with E-state index in [1.165, 1.54) is 12.1 Å². The number of hydrogen-bond acceptors (Lipinski definition) is 3. The van der Waals surface area contributed by atoms with Gasteiger partial charge in [-0.15, -0.1) is 0 Å². The maximum absolute atomic E-state index is 13.5. The van der Waals surface area contributed by atoms with Gasteiger partial charge in [0.2, 0.25) is 0 Å². The Morgan fingerprint density at radius 2 is 2.05 bits per heavy atom. The molecule has 0 saturated heterocycles. The number of aromatic amines is 1. The fourth-order valence-electron chi connectivity index (χ4n) is 2.04. The Morgan fingerprint density at radius 3 is 2.82 bits per heavy atom. The largest absolute Gasteiger partial charge is 0.497 e. The number of aromatic nitrogens is 2. The van der Waals surface area contributed by atoms with Crippen LogP contribution in [0.2, 0.25) is 0 Å². The Morgan fingerprint density at radius 1 is 1.23 bits per heavy atom. The molecule has 1 aromatic heterocycles. The number of nitrogens with one attached hydrogen (secondary N) is 3. The molecule has 0 unspecified atom stereocenters. The van der Waals surface area contributed by atoms with Crippen molar-refractivity contribution < 1.29 is 13.9 Å². The number of urea groups is 1. The van der Waals surface area contributed by atoms with E-state index in [-0.39, 0.29) is 5.69 Å². The van der Waals surface area contributed by atoms with Crippen molar-refractivity contribution in [3.8, 4) is 5.75 Å². The first-order valence-electron chi connectivity index (χ1n) is 6.52. The van der Waals surface area contributed by atoms with E-state index in [9.17, 15) is 9.18 Å². The van der Waals surface area contributed by atoms with Gasteiger partial charge in [0.1, 0.15) is 11.6 Å². The van der Waals surface area contributed by atoms with Crippen LogP contribution in [0.5, 0.6) is 5.75 Å². The third-order valence-electron chi connectivity index (χ3n) is 3.12. The number of benzene rings is 2. The van der Waals surface area contributed by atoms with Crippen LogP contribution in [0.3, 0.4) is 0 Å². The van der Waals surface area contributed by atoms with Crippen molar-refractivity contribution in [3.05, 3.63) is 48.3 Å². The van der Waals surface area contributed by atoms with Gasteiger partial charge in [0.25, 0.3) is 0 Å². The molecule has 112 valence electrons. The molecule has 2 amide bonds. The molecule has 6 nitrogen and oxygen atoms in total. The molecule has 0 spiro atoms. The van der Waals surface area contributed by atoms with Crippen molar-refractivity contribution >= 4 is 28.4 Å². The van der Waals surface area contributed by atoms with Gasteiger partial charge >= 0.3 is 6.03 Å². The molecule has 3 N–H and O–H groups in total. The number of methoxy groups -OCH3 is 1. The molecule has 0 fully saturated rings. The molecule has 2 aromatic carbocycles. The Labute approximate surface area is 125 Å². The fourth-order valence-corrected chi connectivity index (χ4v) is 2.04. The van der Waals surface area contributed by atoms with Crippen molar-refractivity contribution in [1.29, 1.82) is 0 Å². The number of carbonyl (C=O) groups excluding carboxylic acids is 1. The minimum atomic E-state index is -0.582. The summed E-state index contributed by atoms with van der Waals surface area (Å²) < 4.78 is 18.6. The predicted molar refractivity (Wildman–Crippen MR) is 81.7 cm³/mol. The lowest BCUT2D eigenvalue weighted by atomic mass is 10.2.